The Labute approximate surface area is 650 Å². The van der Waals surface area contributed by atoms with Crippen LogP contribution in [0.1, 0.15) is 0 Å². The van der Waals surface area contributed by atoms with Gasteiger partial charge in [-0.05, 0) is 114 Å². The first-order chi connectivity index (χ1) is 57.6. The highest BCUT2D eigenvalue weighted by atomic mass is 15.0. The third-order valence-corrected chi connectivity index (χ3v) is 29.4. The zero-order valence-electron chi connectivity index (χ0n) is 61.4. The third kappa shape index (κ3) is 5.56. The van der Waals surface area contributed by atoms with Gasteiger partial charge in [-0.15, -0.1) is 0 Å². The lowest BCUT2D eigenvalue weighted by Gasteiger charge is -2.08. The lowest BCUT2D eigenvalue weighted by Crippen LogP contribution is -1.85. The second-order valence-corrected chi connectivity index (χ2v) is 34.0. The summed E-state index contributed by atoms with van der Waals surface area (Å²) in [5, 5.41) is 41.5. The maximum Gasteiger partial charge on any atom is 0.0642 e. The molecular formula is C108H50N8. The first kappa shape index (κ1) is 55.7. The van der Waals surface area contributed by atoms with Crippen LogP contribution in [-0.2, 0) is 0 Å². The number of aromatic nitrogens is 8. The number of nitrogens with zero attached hydrogens (tertiary/aromatic N) is 8. The molecule has 0 bridgehead atoms. The summed E-state index contributed by atoms with van der Waals surface area (Å²) in [4.78, 5) is 0. The Hall–Kier alpha value is -15.6. The minimum absolute atomic E-state index is 1.22. The van der Waals surface area contributed by atoms with Crippen LogP contribution in [0, 0.1) is 0 Å². The van der Waals surface area contributed by atoms with Crippen molar-refractivity contribution in [3.8, 4) is 11.1 Å². The summed E-state index contributed by atoms with van der Waals surface area (Å²) in [5.41, 5.74) is 32.8. The summed E-state index contributed by atoms with van der Waals surface area (Å²) in [7, 11) is 0. The average Bonchev–Trinajstić information content (AvgIpc) is 1.49. The Balaban J connectivity index is 0.588. The molecule has 8 heteroatoms. The molecule has 0 unspecified atom stereocenters. The van der Waals surface area contributed by atoms with E-state index in [2.05, 4.69) is 339 Å². The van der Waals surface area contributed by atoms with Gasteiger partial charge in [0, 0.05) is 172 Å². The first-order valence-electron chi connectivity index (χ1n) is 40.7. The van der Waals surface area contributed by atoms with Gasteiger partial charge in [-0.1, -0.05) is 200 Å². The van der Waals surface area contributed by atoms with Crippen LogP contribution in [0.4, 0.5) is 0 Å². The van der Waals surface area contributed by atoms with Crippen molar-refractivity contribution in [2.45, 2.75) is 0 Å². The first-order valence-corrected chi connectivity index (χ1v) is 40.7. The predicted octanol–water partition coefficient (Wildman–Crippen LogP) is 28.6. The molecule has 34 rings (SSSR count). The molecule has 0 amide bonds. The smallest absolute Gasteiger partial charge is 0.0642 e. The molecule has 0 radical (unpaired) electrons. The Morgan fingerprint density at radius 1 is 0.112 bits per heavy atom. The van der Waals surface area contributed by atoms with Gasteiger partial charge in [-0.25, -0.2) is 0 Å². The molecule has 116 heavy (non-hydrogen) atoms. The largest absolute Gasteiger partial charge is 0.308 e. The van der Waals surface area contributed by atoms with Crippen LogP contribution >= 0.6 is 0 Å². The van der Waals surface area contributed by atoms with Crippen molar-refractivity contribution in [3.63, 3.8) is 0 Å². The summed E-state index contributed by atoms with van der Waals surface area (Å²) in [6.45, 7) is 0. The predicted molar refractivity (Wildman–Crippen MR) is 489 cm³/mol. The topological polar surface area (TPSA) is 35.3 Å². The number of rotatable bonds is 1. The summed E-state index contributed by atoms with van der Waals surface area (Å²) < 4.78 is 20.8. The Morgan fingerprint density at radius 2 is 0.371 bits per heavy atom. The van der Waals surface area contributed by atoms with Crippen molar-refractivity contribution in [1.29, 1.82) is 0 Å². The fourth-order valence-corrected chi connectivity index (χ4v) is 25.4. The van der Waals surface area contributed by atoms with E-state index >= 15 is 0 Å². The fraction of sp³-hybridized carbons (Fsp3) is 0. The highest BCUT2D eigenvalue weighted by molar-refractivity contribution is 6.44. The summed E-state index contributed by atoms with van der Waals surface area (Å²) in [6.07, 6.45) is 0. The Morgan fingerprint density at radius 3 is 0.819 bits per heavy atom. The monoisotopic (exact) mass is 1460 g/mol. The standard InChI is InChI=1S/C108H50N8/c1-6-31-78-53(16-1)58-22-12-27-65-93-84(109(78)100(58)65)40-42-86-95(93)67-29-14-24-60-70-48-89-71(47-88(70)113(86)102(60)67)61-25-15-30-68-96-87(114(89)103(61)68)43-41-85-94(96)66-28-13-23-59-69-44-51(36-39-83(69)110(85)101(59)66)52-37-38-63-75-46-73-56-19-4-8-33-80(56)112-91-49-76-90(50-77(91)98(106(73)112)108(75)116-82-35-10-5-20-64(82)92(52)104(63)116)111-79-32-7-3-18-55(79)72-45-74-62-26-11-21-57-54-17-2-9-34-81(54)115(99(57)62)107(74)97(76)105(72)111/h1-50H. The molecular weight excluding hydrogens is 1410 g/mol. The van der Waals surface area contributed by atoms with Crippen LogP contribution in [0.25, 0.3) is 316 Å². The van der Waals surface area contributed by atoms with Crippen LogP contribution in [0.2, 0.25) is 0 Å². The molecule has 0 N–H and O–H groups in total. The summed E-state index contributed by atoms with van der Waals surface area (Å²) in [5.74, 6) is 0. The molecule has 34 aromatic rings. The average molecular weight is 1460 g/mol. The van der Waals surface area contributed by atoms with Gasteiger partial charge in [0.15, 0.2) is 0 Å². The molecule has 0 aliphatic heterocycles. The second-order valence-electron chi connectivity index (χ2n) is 34.0. The van der Waals surface area contributed by atoms with Gasteiger partial charge in [0.25, 0.3) is 0 Å². The molecule has 0 spiro atoms. The fourth-order valence-electron chi connectivity index (χ4n) is 25.4. The second kappa shape index (κ2) is 17.8. The van der Waals surface area contributed by atoms with E-state index in [9.17, 15) is 0 Å². The van der Waals surface area contributed by atoms with Crippen LogP contribution in [0.5, 0.6) is 0 Å². The van der Waals surface area contributed by atoms with Gasteiger partial charge >= 0.3 is 0 Å². The molecule has 0 fully saturated rings. The van der Waals surface area contributed by atoms with Gasteiger partial charge in [-0.2, -0.15) is 0 Å². The van der Waals surface area contributed by atoms with Gasteiger partial charge in [0.1, 0.15) is 0 Å². The molecule has 522 valence electrons. The highest BCUT2D eigenvalue weighted by Crippen LogP contribution is 2.57. The van der Waals surface area contributed by atoms with E-state index in [1.54, 1.807) is 0 Å². The molecule has 0 saturated carbocycles. The zero-order valence-corrected chi connectivity index (χ0v) is 61.4. The maximum absolute atomic E-state index is 2.67. The molecule has 8 nitrogen and oxygen atoms in total. The van der Waals surface area contributed by atoms with Crippen LogP contribution in [0.15, 0.2) is 303 Å². The Kier molecular flexibility index (Phi) is 8.55. The van der Waals surface area contributed by atoms with E-state index in [0.717, 1.165) is 0 Å². The summed E-state index contributed by atoms with van der Waals surface area (Å²) >= 11 is 0. The van der Waals surface area contributed by atoms with Crippen molar-refractivity contribution in [2.75, 3.05) is 0 Å². The molecule has 0 saturated heterocycles. The third-order valence-electron chi connectivity index (χ3n) is 29.4. The zero-order chi connectivity index (χ0) is 73.5. The molecule has 16 aromatic heterocycles. The number of benzene rings is 18. The van der Waals surface area contributed by atoms with E-state index in [1.807, 2.05) is 0 Å². The number of hydrogen-bond acceptors (Lipinski definition) is 0. The van der Waals surface area contributed by atoms with E-state index < -0.39 is 0 Å². The van der Waals surface area contributed by atoms with Crippen LogP contribution < -0.4 is 0 Å². The lowest BCUT2D eigenvalue weighted by atomic mass is 9.95. The number of hydrogen-bond donors (Lipinski definition) is 0. The van der Waals surface area contributed by atoms with E-state index in [-0.39, 0.29) is 0 Å². The number of para-hydroxylation sites is 10. The van der Waals surface area contributed by atoms with Gasteiger partial charge in [-0.3, -0.25) is 0 Å². The van der Waals surface area contributed by atoms with E-state index in [4.69, 9.17) is 0 Å². The van der Waals surface area contributed by atoms with Gasteiger partial charge < -0.3 is 35.2 Å². The van der Waals surface area contributed by atoms with E-state index in [1.165, 1.54) is 316 Å². The lowest BCUT2D eigenvalue weighted by molar-refractivity contribution is 1.35. The minimum Gasteiger partial charge on any atom is -0.308 e. The van der Waals surface area contributed by atoms with Gasteiger partial charge in [0.2, 0.25) is 0 Å². The van der Waals surface area contributed by atoms with Crippen molar-refractivity contribution in [3.05, 3.63) is 303 Å². The van der Waals surface area contributed by atoms with E-state index in [0.29, 0.717) is 0 Å². The van der Waals surface area contributed by atoms with Gasteiger partial charge in [0.05, 0.1) is 132 Å². The minimum atomic E-state index is 1.22. The quantitative estimate of drug-likeness (QED) is 0.157. The molecule has 0 aliphatic rings. The SMILES string of the molecule is c1ccc2c(c1)c1cccc3c4c5c6cccc7c8cc9c(cc8n(c5ccc4n2c13)c76)c1cccc2c3c4c5cccc6c7cc(-c8ccc%10c%11cc%12c%13ccccc%13n%13c%14cc%15c%16c%17c(cc%18c%19cccc%20c%21ccccc%21n(c%20%19)c%18%16)c%16ccccc%16n%17c%15cc%14c(c%12%13)c%11n%11c%12ccccc%12c8c%10%11)ccc7n(c4ccc3n9c12)c65. The molecule has 18 aromatic carbocycles. The molecule has 0 atom stereocenters. The van der Waals surface area contributed by atoms with Crippen molar-refractivity contribution < 1.29 is 0 Å². The number of fused-ring (bicyclic) bond motifs is 52. The van der Waals surface area contributed by atoms with Crippen molar-refractivity contribution in [2.24, 2.45) is 0 Å². The maximum atomic E-state index is 2.67. The Bertz CT molecular complexity index is 10800. The highest BCUT2D eigenvalue weighted by Gasteiger charge is 2.34. The normalized spacial score (nSPS) is 13.7. The van der Waals surface area contributed by atoms with Crippen molar-refractivity contribution in [1.82, 2.24) is 35.2 Å². The summed E-state index contributed by atoms with van der Waals surface area (Å²) in [6, 6.07) is 118. The van der Waals surface area contributed by atoms with Crippen molar-refractivity contribution >= 4 is 305 Å². The molecule has 0 aliphatic carbocycles. The molecule has 16 heterocycles. The van der Waals surface area contributed by atoms with Crippen LogP contribution in [-0.4, -0.2) is 35.2 Å². The van der Waals surface area contributed by atoms with Crippen LogP contribution in [0.3, 0.4) is 0 Å².